The summed E-state index contributed by atoms with van der Waals surface area (Å²) in [6.45, 7) is 3.19. The minimum absolute atomic E-state index is 0.0337. The van der Waals surface area contributed by atoms with Crippen molar-refractivity contribution in [3.8, 4) is 0 Å². The number of likely N-dealkylation sites (N-methyl/N-ethyl adjacent to an activating group) is 1. The Labute approximate surface area is 124 Å². The summed E-state index contributed by atoms with van der Waals surface area (Å²) in [5.41, 5.74) is 0.984. The molecule has 0 bridgehead atoms. The number of hydrogen-bond acceptors (Lipinski definition) is 4. The molecule has 6 nitrogen and oxygen atoms in total. The Morgan fingerprint density at radius 3 is 2.67 bits per heavy atom. The fraction of sp³-hybridized carbons (Fsp3) is 0.400. The Morgan fingerprint density at radius 1 is 1.38 bits per heavy atom. The molecule has 21 heavy (non-hydrogen) atoms. The molecule has 0 saturated carbocycles. The highest BCUT2D eigenvalue weighted by molar-refractivity contribution is 5.83. The molecule has 1 atom stereocenters. The number of carbonyl (C=O) groups is 1. The molecular weight excluding hydrogens is 266 g/mol. The molecule has 2 rings (SSSR count). The van der Waals surface area contributed by atoms with Crippen molar-refractivity contribution in [2.24, 2.45) is 7.05 Å². The minimum Gasteiger partial charge on any atom is -0.347 e. The summed E-state index contributed by atoms with van der Waals surface area (Å²) in [4.78, 5) is 14.6. The maximum atomic E-state index is 12.5. The lowest BCUT2D eigenvalue weighted by atomic mass is 10.0. The molecule has 0 aliphatic carbocycles. The zero-order chi connectivity index (χ0) is 15.2. The topological polar surface area (TPSA) is 63.1 Å². The van der Waals surface area contributed by atoms with Crippen LogP contribution in [0.25, 0.3) is 0 Å². The van der Waals surface area contributed by atoms with Crippen LogP contribution in [0.2, 0.25) is 0 Å². The first-order valence-corrected chi connectivity index (χ1v) is 6.99. The number of benzene rings is 1. The van der Waals surface area contributed by atoms with Gasteiger partial charge in [-0.15, -0.1) is 10.2 Å². The van der Waals surface area contributed by atoms with Crippen LogP contribution in [0.4, 0.5) is 0 Å². The molecule has 1 aromatic heterocycles. The van der Waals surface area contributed by atoms with Gasteiger partial charge in [0.05, 0.1) is 6.54 Å². The smallest absolute Gasteiger partial charge is 0.242 e. The third-order valence-corrected chi connectivity index (χ3v) is 3.53. The third-order valence-electron chi connectivity index (χ3n) is 3.53. The summed E-state index contributed by atoms with van der Waals surface area (Å²) in [5, 5.41) is 10.7. The van der Waals surface area contributed by atoms with Gasteiger partial charge in [-0.05, 0) is 19.2 Å². The van der Waals surface area contributed by atoms with Crippen LogP contribution in [-0.2, 0) is 18.4 Å². The summed E-state index contributed by atoms with van der Waals surface area (Å²) >= 11 is 0. The number of hydrogen-bond donors (Lipinski definition) is 1. The van der Waals surface area contributed by atoms with Gasteiger partial charge in [0.1, 0.15) is 12.4 Å². The molecule has 0 spiro atoms. The van der Waals surface area contributed by atoms with E-state index in [1.807, 2.05) is 56.3 Å². The van der Waals surface area contributed by atoms with Crippen LogP contribution in [0.5, 0.6) is 0 Å². The van der Waals surface area contributed by atoms with Crippen LogP contribution in [0.3, 0.4) is 0 Å². The summed E-state index contributed by atoms with van der Waals surface area (Å²) in [6, 6.07) is 9.48. The SMILES string of the molecule is CCN(C)[C@@H](C(=O)NCc1nncn1C)c1ccccc1. The van der Waals surface area contributed by atoms with Gasteiger partial charge in [0.15, 0.2) is 5.82 Å². The lowest BCUT2D eigenvalue weighted by molar-refractivity contribution is -0.126. The van der Waals surface area contributed by atoms with Gasteiger partial charge in [-0.25, -0.2) is 0 Å². The quantitative estimate of drug-likeness (QED) is 0.865. The number of rotatable bonds is 6. The van der Waals surface area contributed by atoms with Gasteiger partial charge in [-0.3, -0.25) is 9.69 Å². The van der Waals surface area contributed by atoms with E-state index in [1.165, 1.54) is 0 Å². The first-order chi connectivity index (χ1) is 10.1. The molecular formula is C15H21N5O. The summed E-state index contributed by atoms with van der Waals surface area (Å²) < 4.78 is 1.79. The third kappa shape index (κ3) is 3.66. The molecule has 1 aromatic carbocycles. The van der Waals surface area contributed by atoms with Crippen molar-refractivity contribution in [3.05, 3.63) is 48.0 Å². The average molecular weight is 287 g/mol. The summed E-state index contributed by atoms with van der Waals surface area (Å²) in [5.74, 6) is 0.697. The highest BCUT2D eigenvalue weighted by atomic mass is 16.2. The second-order valence-electron chi connectivity index (χ2n) is 4.96. The number of aryl methyl sites for hydroxylation is 1. The highest BCUT2D eigenvalue weighted by Crippen LogP contribution is 2.19. The van der Waals surface area contributed by atoms with E-state index in [2.05, 4.69) is 15.5 Å². The number of amides is 1. The van der Waals surface area contributed by atoms with Crippen molar-refractivity contribution in [3.63, 3.8) is 0 Å². The number of aromatic nitrogens is 3. The Bertz CT molecular complexity index is 581. The maximum Gasteiger partial charge on any atom is 0.242 e. The zero-order valence-corrected chi connectivity index (χ0v) is 12.7. The van der Waals surface area contributed by atoms with Crippen molar-refractivity contribution >= 4 is 5.91 Å². The molecule has 1 amide bonds. The van der Waals surface area contributed by atoms with Crippen molar-refractivity contribution in [1.82, 2.24) is 25.0 Å². The van der Waals surface area contributed by atoms with Crippen molar-refractivity contribution < 1.29 is 4.79 Å². The molecule has 0 fully saturated rings. The van der Waals surface area contributed by atoms with Crippen LogP contribution in [0, 0.1) is 0 Å². The molecule has 0 aliphatic rings. The van der Waals surface area contributed by atoms with Crippen LogP contribution in [0.1, 0.15) is 24.4 Å². The number of carbonyl (C=O) groups excluding carboxylic acids is 1. The van der Waals surface area contributed by atoms with E-state index < -0.39 is 0 Å². The monoisotopic (exact) mass is 287 g/mol. The summed E-state index contributed by atoms with van der Waals surface area (Å²) in [7, 11) is 3.80. The molecule has 0 saturated heterocycles. The van der Waals surface area contributed by atoms with E-state index in [4.69, 9.17) is 0 Å². The van der Waals surface area contributed by atoms with E-state index in [0.717, 1.165) is 17.9 Å². The Morgan fingerprint density at radius 2 is 2.10 bits per heavy atom. The van der Waals surface area contributed by atoms with E-state index in [1.54, 1.807) is 10.9 Å². The van der Waals surface area contributed by atoms with E-state index in [0.29, 0.717) is 6.54 Å². The molecule has 0 aliphatic heterocycles. The van der Waals surface area contributed by atoms with Gasteiger partial charge in [0, 0.05) is 7.05 Å². The molecule has 1 heterocycles. The normalized spacial score (nSPS) is 12.4. The average Bonchev–Trinajstić information content (AvgIpc) is 2.91. The lowest BCUT2D eigenvalue weighted by Gasteiger charge is -2.26. The standard InChI is InChI=1S/C15H21N5O/c1-4-19(2)14(12-8-6-5-7-9-12)15(21)16-10-13-18-17-11-20(13)3/h5-9,11,14H,4,10H2,1-3H3,(H,16,21)/t14-/m1/s1. The molecule has 0 radical (unpaired) electrons. The van der Waals surface area contributed by atoms with Crippen LogP contribution < -0.4 is 5.32 Å². The van der Waals surface area contributed by atoms with Gasteiger partial charge >= 0.3 is 0 Å². The Kier molecular flexibility index (Phi) is 5.05. The van der Waals surface area contributed by atoms with Gasteiger partial charge < -0.3 is 9.88 Å². The van der Waals surface area contributed by atoms with Gasteiger partial charge in [0.25, 0.3) is 0 Å². The fourth-order valence-electron chi connectivity index (χ4n) is 2.15. The molecule has 1 N–H and O–H groups in total. The van der Waals surface area contributed by atoms with E-state index >= 15 is 0 Å². The van der Waals surface area contributed by atoms with Gasteiger partial charge in [-0.1, -0.05) is 37.3 Å². The summed E-state index contributed by atoms with van der Waals surface area (Å²) in [6.07, 6.45) is 1.62. The molecule has 6 heteroatoms. The van der Waals surface area contributed by atoms with Gasteiger partial charge in [-0.2, -0.15) is 0 Å². The van der Waals surface area contributed by atoms with Crippen LogP contribution >= 0.6 is 0 Å². The largest absolute Gasteiger partial charge is 0.347 e. The van der Waals surface area contributed by atoms with Crippen LogP contribution in [0.15, 0.2) is 36.7 Å². The predicted octanol–water partition coefficient (Wildman–Crippen LogP) is 1.12. The maximum absolute atomic E-state index is 12.5. The first kappa shape index (κ1) is 15.2. The minimum atomic E-state index is -0.301. The zero-order valence-electron chi connectivity index (χ0n) is 12.7. The van der Waals surface area contributed by atoms with E-state index in [9.17, 15) is 4.79 Å². The number of nitrogens with zero attached hydrogens (tertiary/aromatic N) is 4. The first-order valence-electron chi connectivity index (χ1n) is 6.99. The molecule has 2 aromatic rings. The Hall–Kier alpha value is -2.21. The Balaban J connectivity index is 2.10. The van der Waals surface area contributed by atoms with Crippen molar-refractivity contribution in [1.29, 1.82) is 0 Å². The van der Waals surface area contributed by atoms with Crippen molar-refractivity contribution in [2.45, 2.75) is 19.5 Å². The second-order valence-corrected chi connectivity index (χ2v) is 4.96. The lowest BCUT2D eigenvalue weighted by Crippen LogP contribution is -2.38. The second kappa shape index (κ2) is 6.99. The fourth-order valence-corrected chi connectivity index (χ4v) is 2.15. The van der Waals surface area contributed by atoms with Crippen molar-refractivity contribution in [2.75, 3.05) is 13.6 Å². The van der Waals surface area contributed by atoms with E-state index in [-0.39, 0.29) is 11.9 Å². The molecule has 0 unspecified atom stereocenters. The molecule has 112 valence electrons. The number of nitrogens with one attached hydrogen (secondary N) is 1. The highest BCUT2D eigenvalue weighted by Gasteiger charge is 2.24. The van der Waals surface area contributed by atoms with Crippen LogP contribution in [-0.4, -0.2) is 39.2 Å². The predicted molar refractivity (Wildman–Crippen MR) is 80.3 cm³/mol. The van der Waals surface area contributed by atoms with Gasteiger partial charge in [0.2, 0.25) is 5.91 Å².